The predicted octanol–water partition coefficient (Wildman–Crippen LogP) is 3.56. The summed E-state index contributed by atoms with van der Waals surface area (Å²) in [6.45, 7) is 0.241. The molecule has 0 amide bonds. The lowest BCUT2D eigenvalue weighted by atomic mass is 10.3. The second-order valence-corrected chi connectivity index (χ2v) is 8.36. The number of rotatable bonds is 4. The molecule has 2 rings (SSSR count). The van der Waals surface area contributed by atoms with Crippen LogP contribution in [0.1, 0.15) is 4.88 Å². The van der Waals surface area contributed by atoms with E-state index in [-0.39, 0.29) is 22.2 Å². The number of hydrogen-bond acceptors (Lipinski definition) is 4. The van der Waals surface area contributed by atoms with E-state index in [9.17, 15) is 12.8 Å². The van der Waals surface area contributed by atoms with Gasteiger partial charge in [-0.15, -0.1) is 11.3 Å². The van der Waals surface area contributed by atoms with E-state index in [2.05, 4.69) is 20.7 Å². The fourth-order valence-corrected chi connectivity index (χ4v) is 5.33. The van der Waals surface area contributed by atoms with Gasteiger partial charge in [0, 0.05) is 16.4 Å². The summed E-state index contributed by atoms with van der Waals surface area (Å²) in [5.41, 5.74) is 5.53. The van der Waals surface area contributed by atoms with Crippen LogP contribution in [-0.2, 0) is 16.6 Å². The summed E-state index contributed by atoms with van der Waals surface area (Å²) in [7, 11) is -3.83. The van der Waals surface area contributed by atoms with E-state index in [0.717, 1.165) is 17.0 Å². The molecule has 1 heterocycles. The standard InChI is InChI=1S/C11H9BrClFN2O2S2/c12-11-10(4-9(5-15)19-11)20(17,18)16-8-2-6(13)1-7(14)3-8/h1-4,16H,5,15H2. The molecule has 0 atom stereocenters. The van der Waals surface area contributed by atoms with Crippen LogP contribution in [0, 0.1) is 5.82 Å². The van der Waals surface area contributed by atoms with Gasteiger partial charge in [0.15, 0.2) is 0 Å². The quantitative estimate of drug-likeness (QED) is 0.825. The van der Waals surface area contributed by atoms with E-state index in [1.165, 1.54) is 23.5 Å². The van der Waals surface area contributed by atoms with E-state index >= 15 is 0 Å². The van der Waals surface area contributed by atoms with Crippen molar-refractivity contribution in [1.29, 1.82) is 0 Å². The molecule has 0 aliphatic carbocycles. The summed E-state index contributed by atoms with van der Waals surface area (Å²) in [6, 6.07) is 4.93. The molecule has 0 saturated carbocycles. The first-order valence-electron chi connectivity index (χ1n) is 5.29. The molecular weight excluding hydrogens is 391 g/mol. The highest BCUT2D eigenvalue weighted by Gasteiger charge is 2.21. The van der Waals surface area contributed by atoms with Crippen molar-refractivity contribution in [2.45, 2.75) is 11.4 Å². The maximum absolute atomic E-state index is 13.2. The minimum Gasteiger partial charge on any atom is -0.326 e. The molecule has 0 bridgehead atoms. The fraction of sp³-hybridized carbons (Fsp3) is 0.0909. The molecule has 1 aromatic heterocycles. The molecule has 0 fully saturated rings. The average molecular weight is 400 g/mol. The van der Waals surface area contributed by atoms with E-state index in [1.54, 1.807) is 0 Å². The third-order valence-corrected chi connectivity index (χ3v) is 6.19. The zero-order valence-corrected chi connectivity index (χ0v) is 13.8. The lowest BCUT2D eigenvalue weighted by Crippen LogP contribution is -2.12. The van der Waals surface area contributed by atoms with Crippen molar-refractivity contribution >= 4 is 54.6 Å². The Morgan fingerprint density at radius 1 is 1.35 bits per heavy atom. The van der Waals surface area contributed by atoms with Crippen LogP contribution >= 0.6 is 38.9 Å². The van der Waals surface area contributed by atoms with Crippen molar-refractivity contribution in [2.75, 3.05) is 4.72 Å². The van der Waals surface area contributed by atoms with E-state index < -0.39 is 15.8 Å². The third kappa shape index (κ3) is 3.50. The SMILES string of the molecule is NCc1cc(S(=O)(=O)Nc2cc(F)cc(Cl)c2)c(Br)s1. The molecule has 108 valence electrons. The molecule has 9 heteroatoms. The van der Waals surface area contributed by atoms with Crippen LogP contribution in [0.5, 0.6) is 0 Å². The normalized spacial score (nSPS) is 11.6. The summed E-state index contributed by atoms with van der Waals surface area (Å²) >= 11 is 10.1. The van der Waals surface area contributed by atoms with E-state index in [4.69, 9.17) is 17.3 Å². The Morgan fingerprint density at radius 3 is 2.60 bits per heavy atom. The van der Waals surface area contributed by atoms with Gasteiger partial charge in [0.1, 0.15) is 10.7 Å². The lowest BCUT2D eigenvalue weighted by molar-refractivity contribution is 0.601. The molecular formula is C11H9BrClFN2O2S2. The van der Waals surface area contributed by atoms with Crippen molar-refractivity contribution in [3.8, 4) is 0 Å². The van der Waals surface area contributed by atoms with Crippen LogP contribution in [0.4, 0.5) is 10.1 Å². The Labute approximate surface area is 132 Å². The van der Waals surface area contributed by atoms with Crippen molar-refractivity contribution in [2.24, 2.45) is 5.73 Å². The number of nitrogens with two attached hydrogens (primary N) is 1. The Morgan fingerprint density at radius 2 is 2.05 bits per heavy atom. The minimum absolute atomic E-state index is 0.0578. The number of anilines is 1. The first-order valence-corrected chi connectivity index (χ1v) is 8.76. The minimum atomic E-state index is -3.83. The monoisotopic (exact) mass is 398 g/mol. The Bertz CT molecular complexity index is 729. The molecule has 0 spiro atoms. The Hall–Kier alpha value is -0.670. The molecule has 0 aliphatic rings. The molecule has 0 saturated heterocycles. The maximum atomic E-state index is 13.2. The first-order chi connectivity index (χ1) is 9.31. The molecule has 0 radical (unpaired) electrons. The van der Waals surface area contributed by atoms with Gasteiger partial charge in [0.05, 0.1) is 9.47 Å². The second-order valence-electron chi connectivity index (χ2n) is 3.82. The number of thiophene rings is 1. The summed E-state index contributed by atoms with van der Waals surface area (Å²) < 4.78 is 40.4. The van der Waals surface area contributed by atoms with Gasteiger partial charge in [-0.3, -0.25) is 4.72 Å². The molecule has 1 aromatic carbocycles. The zero-order chi connectivity index (χ0) is 14.9. The molecule has 2 aromatic rings. The van der Waals surface area contributed by atoms with Gasteiger partial charge in [-0.05, 0) is 40.2 Å². The predicted molar refractivity (Wildman–Crippen MR) is 82.1 cm³/mol. The summed E-state index contributed by atoms with van der Waals surface area (Å²) in [5.74, 6) is -0.623. The summed E-state index contributed by atoms with van der Waals surface area (Å²) in [6.07, 6.45) is 0. The van der Waals surface area contributed by atoms with Gasteiger partial charge < -0.3 is 5.73 Å². The van der Waals surface area contributed by atoms with Crippen LogP contribution in [0.2, 0.25) is 5.02 Å². The maximum Gasteiger partial charge on any atom is 0.263 e. The molecule has 0 unspecified atom stereocenters. The molecule has 4 nitrogen and oxygen atoms in total. The number of nitrogens with one attached hydrogen (secondary N) is 1. The van der Waals surface area contributed by atoms with Crippen molar-refractivity contribution in [3.05, 3.63) is 43.8 Å². The van der Waals surface area contributed by atoms with E-state index in [0.29, 0.717) is 3.79 Å². The summed E-state index contributed by atoms with van der Waals surface area (Å²) in [5, 5.41) is 0.106. The third-order valence-electron chi connectivity index (χ3n) is 2.31. The zero-order valence-electron chi connectivity index (χ0n) is 9.86. The van der Waals surface area contributed by atoms with Crippen molar-refractivity contribution < 1.29 is 12.8 Å². The highest BCUT2D eigenvalue weighted by atomic mass is 79.9. The van der Waals surface area contributed by atoms with Crippen LogP contribution in [0.15, 0.2) is 32.9 Å². The van der Waals surface area contributed by atoms with Crippen LogP contribution in [0.25, 0.3) is 0 Å². The Kier molecular flexibility index (Phi) is 4.70. The topological polar surface area (TPSA) is 72.2 Å². The molecule has 0 aliphatic heterocycles. The molecule has 3 N–H and O–H groups in total. The van der Waals surface area contributed by atoms with Gasteiger partial charge in [-0.2, -0.15) is 0 Å². The van der Waals surface area contributed by atoms with Crippen molar-refractivity contribution in [1.82, 2.24) is 0 Å². The number of halogens is 3. The van der Waals surface area contributed by atoms with Gasteiger partial charge in [-0.25, -0.2) is 12.8 Å². The second kappa shape index (κ2) is 5.98. The lowest BCUT2D eigenvalue weighted by Gasteiger charge is -2.07. The van der Waals surface area contributed by atoms with E-state index in [1.807, 2.05) is 0 Å². The number of sulfonamides is 1. The Balaban J connectivity index is 2.37. The highest BCUT2D eigenvalue weighted by Crippen LogP contribution is 2.33. The smallest absolute Gasteiger partial charge is 0.263 e. The van der Waals surface area contributed by atoms with Gasteiger partial charge in [-0.1, -0.05) is 11.6 Å². The number of hydrogen-bond donors (Lipinski definition) is 2. The largest absolute Gasteiger partial charge is 0.326 e. The first kappa shape index (κ1) is 15.7. The average Bonchev–Trinajstić information content (AvgIpc) is 2.69. The van der Waals surface area contributed by atoms with Gasteiger partial charge in [0.2, 0.25) is 0 Å². The van der Waals surface area contributed by atoms with Crippen LogP contribution < -0.4 is 10.5 Å². The fourth-order valence-electron chi connectivity index (χ4n) is 1.50. The van der Waals surface area contributed by atoms with Gasteiger partial charge in [0.25, 0.3) is 10.0 Å². The molecule has 20 heavy (non-hydrogen) atoms. The summed E-state index contributed by atoms with van der Waals surface area (Å²) in [4.78, 5) is 0.776. The van der Waals surface area contributed by atoms with Gasteiger partial charge >= 0.3 is 0 Å². The van der Waals surface area contributed by atoms with Crippen LogP contribution in [-0.4, -0.2) is 8.42 Å². The van der Waals surface area contributed by atoms with Crippen LogP contribution in [0.3, 0.4) is 0 Å². The van der Waals surface area contributed by atoms with Crippen molar-refractivity contribution in [3.63, 3.8) is 0 Å². The number of benzene rings is 1. The highest BCUT2D eigenvalue weighted by molar-refractivity contribution is 9.11.